The Morgan fingerprint density at radius 2 is 1.61 bits per heavy atom. The maximum Gasteiger partial charge on any atom is 0.257 e. The Balaban J connectivity index is 1.44. The smallest absolute Gasteiger partial charge is 0.257 e. The molecule has 33 heavy (non-hydrogen) atoms. The minimum atomic E-state index is -0.421. The second kappa shape index (κ2) is 9.58. The fourth-order valence-electron chi connectivity index (χ4n) is 3.24. The first-order valence-corrected chi connectivity index (χ1v) is 10.3. The lowest BCUT2D eigenvalue weighted by molar-refractivity contribution is 0.0977. The molecule has 0 saturated carbocycles. The summed E-state index contributed by atoms with van der Waals surface area (Å²) < 4.78 is 21.6. The van der Waals surface area contributed by atoms with Crippen molar-refractivity contribution >= 4 is 40.0 Å². The molecule has 4 rings (SSSR count). The summed E-state index contributed by atoms with van der Waals surface area (Å²) >= 11 is 5.29. The van der Waals surface area contributed by atoms with Crippen molar-refractivity contribution in [3.8, 4) is 28.7 Å². The van der Waals surface area contributed by atoms with Gasteiger partial charge < -0.3 is 23.9 Å². The number of anilines is 1. The molecular weight excluding hydrogens is 442 g/mol. The molecule has 168 valence electrons. The van der Waals surface area contributed by atoms with Crippen molar-refractivity contribution in [3.63, 3.8) is 0 Å². The number of methoxy groups -OCH3 is 3. The monoisotopic (exact) mass is 463 g/mol. The highest BCUT2D eigenvalue weighted by atomic mass is 32.1. The molecule has 0 aliphatic heterocycles. The van der Waals surface area contributed by atoms with Gasteiger partial charge in [-0.15, -0.1) is 0 Å². The standard InChI is InChI=1S/C24H21N3O5S/c1-29-19-12-15(13-20(30-2)21(19)31-3)22(28)27-24(33)25-16-10-8-14(9-11-16)23-26-17-6-4-5-7-18(17)32-23/h4-13H,1-3H3,(H2,25,27,28,33). The van der Waals surface area contributed by atoms with E-state index in [9.17, 15) is 4.79 Å². The average molecular weight is 464 g/mol. The molecule has 0 atom stereocenters. The number of carbonyl (C=O) groups excluding carboxylic acids is 1. The van der Waals surface area contributed by atoms with Gasteiger partial charge in [-0.1, -0.05) is 12.1 Å². The number of rotatable bonds is 6. The number of ether oxygens (including phenoxy) is 3. The first-order chi connectivity index (χ1) is 16.0. The lowest BCUT2D eigenvalue weighted by Crippen LogP contribution is -2.34. The zero-order valence-corrected chi connectivity index (χ0v) is 19.0. The zero-order chi connectivity index (χ0) is 23.4. The molecule has 9 heteroatoms. The number of nitrogens with zero attached hydrogens (tertiary/aromatic N) is 1. The normalized spacial score (nSPS) is 10.5. The molecule has 0 aliphatic carbocycles. The third-order valence-corrected chi connectivity index (χ3v) is 5.04. The highest BCUT2D eigenvalue weighted by Crippen LogP contribution is 2.38. The van der Waals surface area contributed by atoms with Gasteiger partial charge in [0.25, 0.3) is 5.91 Å². The molecular formula is C24H21N3O5S. The van der Waals surface area contributed by atoms with E-state index >= 15 is 0 Å². The van der Waals surface area contributed by atoms with E-state index in [1.165, 1.54) is 21.3 Å². The van der Waals surface area contributed by atoms with E-state index in [0.717, 1.165) is 16.7 Å². The van der Waals surface area contributed by atoms with Crippen LogP contribution in [-0.4, -0.2) is 37.3 Å². The second-order valence-electron chi connectivity index (χ2n) is 6.89. The van der Waals surface area contributed by atoms with Gasteiger partial charge in [0.15, 0.2) is 22.2 Å². The van der Waals surface area contributed by atoms with E-state index in [-0.39, 0.29) is 5.11 Å². The molecule has 1 heterocycles. The van der Waals surface area contributed by atoms with Crippen molar-refractivity contribution in [2.24, 2.45) is 0 Å². The lowest BCUT2D eigenvalue weighted by atomic mass is 10.1. The molecule has 0 saturated heterocycles. The molecule has 0 bridgehead atoms. The Morgan fingerprint density at radius 1 is 0.939 bits per heavy atom. The molecule has 3 aromatic carbocycles. The maximum absolute atomic E-state index is 12.7. The SMILES string of the molecule is COc1cc(C(=O)NC(=S)Nc2ccc(-c3nc4ccccc4o3)cc2)cc(OC)c1OC. The van der Waals surface area contributed by atoms with Crippen LogP contribution in [0.15, 0.2) is 65.1 Å². The number of aromatic nitrogens is 1. The molecule has 0 unspecified atom stereocenters. The summed E-state index contributed by atoms with van der Waals surface area (Å²) in [5.74, 6) is 1.25. The summed E-state index contributed by atoms with van der Waals surface area (Å²) in [7, 11) is 4.46. The largest absolute Gasteiger partial charge is 0.493 e. The number of benzene rings is 3. The van der Waals surface area contributed by atoms with Crippen LogP contribution in [0.3, 0.4) is 0 Å². The Morgan fingerprint density at radius 3 is 2.21 bits per heavy atom. The van der Waals surface area contributed by atoms with Crippen molar-refractivity contribution in [1.82, 2.24) is 10.3 Å². The van der Waals surface area contributed by atoms with Crippen molar-refractivity contribution < 1.29 is 23.4 Å². The van der Waals surface area contributed by atoms with E-state index in [0.29, 0.717) is 34.4 Å². The van der Waals surface area contributed by atoms with Crippen molar-refractivity contribution in [3.05, 3.63) is 66.2 Å². The van der Waals surface area contributed by atoms with Gasteiger partial charge in [0.1, 0.15) is 5.52 Å². The highest BCUT2D eigenvalue weighted by Gasteiger charge is 2.18. The van der Waals surface area contributed by atoms with Crippen LogP contribution in [0, 0.1) is 0 Å². The molecule has 0 spiro atoms. The Kier molecular flexibility index (Phi) is 6.41. The van der Waals surface area contributed by atoms with Crippen molar-refractivity contribution in [2.45, 2.75) is 0 Å². The number of oxazole rings is 1. The lowest BCUT2D eigenvalue weighted by Gasteiger charge is -2.14. The summed E-state index contributed by atoms with van der Waals surface area (Å²) in [6.45, 7) is 0. The quantitative estimate of drug-likeness (QED) is 0.399. The predicted octanol–water partition coefficient (Wildman–Crippen LogP) is 4.65. The van der Waals surface area contributed by atoms with Crippen molar-refractivity contribution in [1.29, 1.82) is 0 Å². The maximum atomic E-state index is 12.7. The van der Waals surface area contributed by atoms with E-state index in [2.05, 4.69) is 15.6 Å². The van der Waals surface area contributed by atoms with Crippen LogP contribution in [0.5, 0.6) is 17.2 Å². The fourth-order valence-corrected chi connectivity index (χ4v) is 3.45. The number of thiocarbonyl (C=S) groups is 1. The van der Waals surface area contributed by atoms with Gasteiger partial charge in [-0.25, -0.2) is 4.98 Å². The first-order valence-electron chi connectivity index (χ1n) is 9.90. The fraction of sp³-hybridized carbons (Fsp3) is 0.125. The van der Waals surface area contributed by atoms with E-state index in [4.69, 9.17) is 30.8 Å². The Hall–Kier alpha value is -4.11. The van der Waals surface area contributed by atoms with Crippen LogP contribution < -0.4 is 24.8 Å². The molecule has 1 amide bonds. The van der Waals surface area contributed by atoms with Gasteiger partial charge in [-0.3, -0.25) is 10.1 Å². The summed E-state index contributed by atoms with van der Waals surface area (Å²) in [4.78, 5) is 17.2. The summed E-state index contributed by atoms with van der Waals surface area (Å²) in [5.41, 5.74) is 3.35. The first kappa shape index (κ1) is 22.1. The molecule has 1 aromatic heterocycles. The number of carbonyl (C=O) groups is 1. The molecule has 4 aromatic rings. The number of hydrogen-bond donors (Lipinski definition) is 2. The third kappa shape index (κ3) is 4.73. The molecule has 8 nitrogen and oxygen atoms in total. The Labute approximate surface area is 195 Å². The zero-order valence-electron chi connectivity index (χ0n) is 18.2. The van der Waals surface area contributed by atoms with Gasteiger partial charge in [-0.05, 0) is 60.7 Å². The summed E-state index contributed by atoms with van der Waals surface area (Å²) in [6, 6.07) is 18.0. The van der Waals surface area contributed by atoms with E-state index in [1.807, 2.05) is 48.5 Å². The van der Waals surface area contributed by atoms with Crippen LogP contribution >= 0.6 is 12.2 Å². The van der Waals surface area contributed by atoms with Gasteiger partial charge in [0.2, 0.25) is 11.6 Å². The van der Waals surface area contributed by atoms with Gasteiger partial charge in [0.05, 0.1) is 21.3 Å². The molecule has 0 radical (unpaired) electrons. The summed E-state index contributed by atoms with van der Waals surface area (Å²) in [5, 5.41) is 5.78. The van der Waals surface area contributed by atoms with Gasteiger partial charge in [-0.2, -0.15) is 0 Å². The Bertz CT molecular complexity index is 1260. The van der Waals surface area contributed by atoms with Crippen LogP contribution in [0.25, 0.3) is 22.6 Å². The topological polar surface area (TPSA) is 94.9 Å². The second-order valence-corrected chi connectivity index (χ2v) is 7.29. The molecule has 0 fully saturated rings. The number of para-hydroxylation sites is 2. The number of fused-ring (bicyclic) bond motifs is 1. The van der Waals surface area contributed by atoms with Crippen LogP contribution in [-0.2, 0) is 0 Å². The molecule has 2 N–H and O–H groups in total. The average Bonchev–Trinajstić information content (AvgIpc) is 3.27. The van der Waals surface area contributed by atoms with Crippen LogP contribution in [0.4, 0.5) is 5.69 Å². The number of hydrogen-bond acceptors (Lipinski definition) is 7. The van der Waals surface area contributed by atoms with Crippen LogP contribution in [0.2, 0.25) is 0 Å². The van der Waals surface area contributed by atoms with Crippen molar-refractivity contribution in [2.75, 3.05) is 26.6 Å². The summed E-state index contributed by atoms with van der Waals surface area (Å²) in [6.07, 6.45) is 0. The van der Waals surface area contributed by atoms with E-state index < -0.39 is 5.91 Å². The minimum absolute atomic E-state index is 0.142. The van der Waals surface area contributed by atoms with Gasteiger partial charge >= 0.3 is 0 Å². The minimum Gasteiger partial charge on any atom is -0.493 e. The van der Waals surface area contributed by atoms with E-state index in [1.54, 1.807) is 12.1 Å². The number of nitrogens with one attached hydrogen (secondary N) is 2. The highest BCUT2D eigenvalue weighted by molar-refractivity contribution is 7.80. The molecule has 0 aliphatic rings. The number of amides is 1. The third-order valence-electron chi connectivity index (χ3n) is 4.84. The van der Waals surface area contributed by atoms with Gasteiger partial charge in [0, 0.05) is 16.8 Å². The predicted molar refractivity (Wildman–Crippen MR) is 129 cm³/mol. The van der Waals surface area contributed by atoms with Crippen LogP contribution in [0.1, 0.15) is 10.4 Å².